The third-order valence-electron chi connectivity index (χ3n) is 5.95. The smallest absolute Gasteiger partial charge is 0.249 e. The van der Waals surface area contributed by atoms with Gasteiger partial charge in [-0.15, -0.1) is 0 Å². The van der Waals surface area contributed by atoms with E-state index in [1.165, 1.54) is 0 Å². The standard InChI is InChI=1S/C26H25Cl3N2O3/c1-33-23-13-19(22-4-2-3-11-31-22)20(26(30)32)14-24(23)34-25(15-5-7-16(27)8-6-15)18-10-9-17(28)12-21(18)29/h5-10,12-14,22,25,31H,2-4,11H2,1H3,(H2,30,32). The van der Waals surface area contributed by atoms with E-state index in [0.29, 0.717) is 37.7 Å². The quantitative estimate of drug-likeness (QED) is 0.363. The molecule has 0 spiro atoms. The molecule has 0 bridgehead atoms. The second-order valence-electron chi connectivity index (χ2n) is 8.17. The van der Waals surface area contributed by atoms with Gasteiger partial charge < -0.3 is 20.5 Å². The predicted octanol–water partition coefficient (Wildman–Crippen LogP) is 6.74. The summed E-state index contributed by atoms with van der Waals surface area (Å²) in [6.07, 6.45) is 2.47. The lowest BCUT2D eigenvalue weighted by Gasteiger charge is -2.27. The first-order valence-corrected chi connectivity index (χ1v) is 12.1. The Labute approximate surface area is 214 Å². The molecule has 3 N–H and O–H groups in total. The van der Waals surface area contributed by atoms with Gasteiger partial charge in [0.05, 0.1) is 7.11 Å². The SMILES string of the molecule is COc1cc(C2CCCCN2)c(C(N)=O)cc1OC(c1ccc(Cl)cc1)c1ccc(Cl)cc1Cl. The summed E-state index contributed by atoms with van der Waals surface area (Å²) in [6.45, 7) is 0.886. The molecule has 1 fully saturated rings. The molecule has 1 aliphatic rings. The molecule has 34 heavy (non-hydrogen) atoms. The molecule has 8 heteroatoms. The highest BCUT2D eigenvalue weighted by molar-refractivity contribution is 6.35. The summed E-state index contributed by atoms with van der Waals surface area (Å²) in [5, 5.41) is 5.03. The Hall–Kier alpha value is -2.44. The molecule has 3 aromatic rings. The number of carbonyl (C=O) groups excluding carboxylic acids is 1. The second-order valence-corrected chi connectivity index (χ2v) is 9.45. The third kappa shape index (κ3) is 5.44. The first kappa shape index (κ1) is 24.7. The van der Waals surface area contributed by atoms with Crippen LogP contribution in [0.1, 0.15) is 58.5 Å². The molecule has 1 amide bonds. The molecule has 1 heterocycles. The van der Waals surface area contributed by atoms with E-state index in [-0.39, 0.29) is 6.04 Å². The van der Waals surface area contributed by atoms with E-state index in [0.717, 1.165) is 36.9 Å². The first-order chi connectivity index (χ1) is 16.4. The maximum Gasteiger partial charge on any atom is 0.249 e. The number of rotatable bonds is 7. The summed E-state index contributed by atoms with van der Waals surface area (Å²) in [5.41, 5.74) is 8.50. The molecule has 5 nitrogen and oxygen atoms in total. The van der Waals surface area contributed by atoms with Crippen molar-refractivity contribution in [3.05, 3.63) is 91.9 Å². The maximum absolute atomic E-state index is 12.4. The summed E-state index contributed by atoms with van der Waals surface area (Å²) < 4.78 is 12.2. The van der Waals surface area contributed by atoms with Crippen molar-refractivity contribution in [1.29, 1.82) is 0 Å². The third-order valence-corrected chi connectivity index (χ3v) is 6.76. The van der Waals surface area contributed by atoms with Crippen LogP contribution in [-0.4, -0.2) is 19.6 Å². The number of nitrogens with one attached hydrogen (secondary N) is 1. The number of halogens is 3. The summed E-state index contributed by atoms with van der Waals surface area (Å²) in [6, 6.07) is 16.0. The minimum absolute atomic E-state index is 0.0250. The molecule has 1 saturated heterocycles. The molecule has 2 unspecified atom stereocenters. The molecule has 0 aliphatic carbocycles. The zero-order valence-corrected chi connectivity index (χ0v) is 20.9. The van der Waals surface area contributed by atoms with Gasteiger partial charge in [0.25, 0.3) is 0 Å². The lowest BCUT2D eigenvalue weighted by Crippen LogP contribution is -2.29. The highest BCUT2D eigenvalue weighted by atomic mass is 35.5. The maximum atomic E-state index is 12.4. The molecule has 0 radical (unpaired) electrons. The van der Waals surface area contributed by atoms with Crippen LogP contribution in [0.3, 0.4) is 0 Å². The number of nitrogens with two attached hydrogens (primary N) is 1. The van der Waals surface area contributed by atoms with E-state index in [1.54, 1.807) is 37.4 Å². The van der Waals surface area contributed by atoms with E-state index in [9.17, 15) is 4.79 Å². The zero-order valence-electron chi connectivity index (χ0n) is 18.6. The fraction of sp³-hybridized carbons (Fsp3) is 0.269. The summed E-state index contributed by atoms with van der Waals surface area (Å²) in [7, 11) is 1.57. The van der Waals surface area contributed by atoms with Crippen LogP contribution >= 0.6 is 34.8 Å². The average Bonchev–Trinajstić information content (AvgIpc) is 2.83. The lowest BCUT2D eigenvalue weighted by atomic mass is 9.92. The van der Waals surface area contributed by atoms with Crippen molar-refractivity contribution in [2.75, 3.05) is 13.7 Å². The Balaban J connectivity index is 1.80. The average molecular weight is 520 g/mol. The summed E-state index contributed by atoms with van der Waals surface area (Å²) >= 11 is 18.8. The van der Waals surface area contributed by atoms with Crippen LogP contribution in [0.4, 0.5) is 0 Å². The fourth-order valence-electron chi connectivity index (χ4n) is 4.24. The molecule has 2 atom stereocenters. The van der Waals surface area contributed by atoms with Crippen molar-refractivity contribution in [2.24, 2.45) is 5.73 Å². The topological polar surface area (TPSA) is 73.6 Å². The van der Waals surface area contributed by atoms with Crippen LogP contribution in [0.2, 0.25) is 15.1 Å². The van der Waals surface area contributed by atoms with Crippen LogP contribution < -0.4 is 20.5 Å². The van der Waals surface area contributed by atoms with E-state index in [4.69, 9.17) is 50.0 Å². The molecular weight excluding hydrogens is 495 g/mol. The van der Waals surface area contributed by atoms with Crippen LogP contribution in [0.25, 0.3) is 0 Å². The monoisotopic (exact) mass is 518 g/mol. The van der Waals surface area contributed by atoms with Gasteiger partial charge in [-0.2, -0.15) is 0 Å². The Kier molecular flexibility index (Phi) is 7.89. The molecule has 4 rings (SSSR count). The van der Waals surface area contributed by atoms with Crippen molar-refractivity contribution >= 4 is 40.7 Å². The van der Waals surface area contributed by atoms with Gasteiger partial charge in [0.2, 0.25) is 5.91 Å². The lowest BCUT2D eigenvalue weighted by molar-refractivity contribution is 0.0997. The van der Waals surface area contributed by atoms with Crippen molar-refractivity contribution in [2.45, 2.75) is 31.4 Å². The number of ether oxygens (including phenoxy) is 2. The van der Waals surface area contributed by atoms with Gasteiger partial charge in [-0.25, -0.2) is 0 Å². The summed E-state index contributed by atoms with van der Waals surface area (Å²) in [5.74, 6) is 0.348. The van der Waals surface area contributed by atoms with E-state index in [2.05, 4.69) is 5.32 Å². The number of carbonyl (C=O) groups is 1. The highest BCUT2D eigenvalue weighted by Gasteiger charge is 2.26. The Bertz CT molecular complexity index is 1180. The number of hydrogen-bond acceptors (Lipinski definition) is 4. The van der Waals surface area contributed by atoms with E-state index < -0.39 is 12.0 Å². The fourth-order valence-corrected chi connectivity index (χ4v) is 4.87. The van der Waals surface area contributed by atoms with Crippen LogP contribution in [0.15, 0.2) is 54.6 Å². The van der Waals surface area contributed by atoms with Crippen molar-refractivity contribution < 1.29 is 14.3 Å². The van der Waals surface area contributed by atoms with Gasteiger partial charge in [-0.3, -0.25) is 4.79 Å². The number of amides is 1. The molecular formula is C26H25Cl3N2O3. The van der Waals surface area contributed by atoms with Gasteiger partial charge in [0.15, 0.2) is 17.6 Å². The number of benzene rings is 3. The van der Waals surface area contributed by atoms with Crippen LogP contribution in [-0.2, 0) is 0 Å². The van der Waals surface area contributed by atoms with Crippen molar-refractivity contribution in [3.63, 3.8) is 0 Å². The Morgan fingerprint density at radius 1 is 1.00 bits per heavy atom. The van der Waals surface area contributed by atoms with E-state index in [1.807, 2.05) is 24.3 Å². The zero-order chi connectivity index (χ0) is 24.2. The summed E-state index contributed by atoms with van der Waals surface area (Å²) in [4.78, 5) is 12.4. The predicted molar refractivity (Wildman–Crippen MR) is 136 cm³/mol. The van der Waals surface area contributed by atoms with Gasteiger partial charge in [0.1, 0.15) is 0 Å². The Morgan fingerprint density at radius 3 is 2.35 bits per heavy atom. The number of piperidine rings is 1. The molecule has 1 aliphatic heterocycles. The number of methoxy groups -OCH3 is 1. The molecule has 0 aromatic heterocycles. The normalized spacial score (nSPS) is 16.6. The first-order valence-electron chi connectivity index (χ1n) is 11.0. The molecule has 178 valence electrons. The van der Waals surface area contributed by atoms with Gasteiger partial charge in [-0.1, -0.05) is 59.4 Å². The highest BCUT2D eigenvalue weighted by Crippen LogP contribution is 2.41. The van der Waals surface area contributed by atoms with Gasteiger partial charge in [-0.05, 0) is 66.9 Å². The van der Waals surface area contributed by atoms with Crippen molar-refractivity contribution in [3.8, 4) is 11.5 Å². The molecule has 0 saturated carbocycles. The van der Waals surface area contributed by atoms with E-state index >= 15 is 0 Å². The van der Waals surface area contributed by atoms with Crippen molar-refractivity contribution in [1.82, 2.24) is 5.32 Å². The largest absolute Gasteiger partial charge is 0.493 e. The van der Waals surface area contributed by atoms with Gasteiger partial charge in [0, 0.05) is 32.2 Å². The number of primary amides is 1. The molecule has 3 aromatic carbocycles. The Morgan fingerprint density at radius 2 is 1.74 bits per heavy atom. The second kappa shape index (κ2) is 10.9. The van der Waals surface area contributed by atoms with Gasteiger partial charge >= 0.3 is 0 Å². The van der Waals surface area contributed by atoms with Crippen LogP contribution in [0, 0.1) is 0 Å². The minimum Gasteiger partial charge on any atom is -0.493 e. The van der Waals surface area contributed by atoms with Crippen LogP contribution in [0.5, 0.6) is 11.5 Å². The minimum atomic E-state index is -0.615. The number of hydrogen-bond donors (Lipinski definition) is 2.